The summed E-state index contributed by atoms with van der Waals surface area (Å²) in [5.74, 6) is -0.0582. The molecule has 2 unspecified atom stereocenters. The molecule has 1 aromatic rings. The number of hydrogen-bond donors (Lipinski definition) is 2. The normalized spacial score (nSPS) is 26.1. The molecular weight excluding hydrogens is 290 g/mol. The van der Waals surface area contributed by atoms with Gasteiger partial charge in [-0.2, -0.15) is 5.10 Å². The molecule has 0 aromatic carbocycles. The molecule has 6 nitrogen and oxygen atoms in total. The number of nitrogens with zero attached hydrogens (tertiary/aromatic N) is 3. The Labute approximate surface area is 138 Å². The Kier molecular flexibility index (Phi) is 5.67. The number of likely N-dealkylation sites (tertiary alicyclic amines) is 1. The van der Waals surface area contributed by atoms with Gasteiger partial charge < -0.3 is 10.6 Å². The molecule has 0 aliphatic carbocycles. The SMILES string of the molecule is CC1CCCCN1CCNC(=O)c1ccn(C2CCCNC2)n1. The van der Waals surface area contributed by atoms with Crippen LogP contribution in [0, 0.1) is 0 Å². The second-order valence-electron chi connectivity index (χ2n) is 6.82. The second-order valence-corrected chi connectivity index (χ2v) is 6.82. The lowest BCUT2D eigenvalue weighted by atomic mass is 10.0. The van der Waals surface area contributed by atoms with Crippen molar-refractivity contribution < 1.29 is 4.79 Å². The lowest BCUT2D eigenvalue weighted by molar-refractivity contribution is 0.0932. The number of rotatable bonds is 5. The van der Waals surface area contributed by atoms with E-state index in [2.05, 4.69) is 27.6 Å². The molecular formula is C17H29N5O. The molecule has 2 saturated heterocycles. The van der Waals surface area contributed by atoms with E-state index in [1.54, 1.807) is 0 Å². The van der Waals surface area contributed by atoms with E-state index in [-0.39, 0.29) is 5.91 Å². The number of nitrogens with one attached hydrogen (secondary N) is 2. The van der Waals surface area contributed by atoms with Crippen molar-refractivity contribution in [3.63, 3.8) is 0 Å². The minimum absolute atomic E-state index is 0.0582. The van der Waals surface area contributed by atoms with Gasteiger partial charge in [-0.1, -0.05) is 6.42 Å². The van der Waals surface area contributed by atoms with Crippen molar-refractivity contribution in [3.05, 3.63) is 18.0 Å². The van der Waals surface area contributed by atoms with Gasteiger partial charge in [-0.15, -0.1) is 0 Å². The van der Waals surface area contributed by atoms with Crippen LogP contribution in [0.3, 0.4) is 0 Å². The van der Waals surface area contributed by atoms with Crippen LogP contribution in [0.25, 0.3) is 0 Å². The fourth-order valence-electron chi connectivity index (χ4n) is 3.62. The highest BCUT2D eigenvalue weighted by atomic mass is 16.1. The largest absolute Gasteiger partial charge is 0.349 e. The number of aromatic nitrogens is 2. The van der Waals surface area contributed by atoms with Crippen LogP contribution < -0.4 is 10.6 Å². The van der Waals surface area contributed by atoms with E-state index < -0.39 is 0 Å². The monoisotopic (exact) mass is 319 g/mol. The number of hydrogen-bond acceptors (Lipinski definition) is 4. The molecule has 3 heterocycles. The molecule has 0 saturated carbocycles. The van der Waals surface area contributed by atoms with Crippen LogP contribution in [-0.4, -0.2) is 59.4 Å². The van der Waals surface area contributed by atoms with Crippen molar-refractivity contribution in [2.24, 2.45) is 0 Å². The molecule has 3 rings (SSSR count). The molecule has 1 aromatic heterocycles. The molecule has 2 fully saturated rings. The molecule has 0 radical (unpaired) electrons. The van der Waals surface area contributed by atoms with Crippen LogP contribution in [-0.2, 0) is 0 Å². The predicted octanol–water partition coefficient (Wildman–Crippen LogP) is 1.41. The van der Waals surface area contributed by atoms with Crippen LogP contribution in [0.15, 0.2) is 12.3 Å². The average molecular weight is 319 g/mol. The summed E-state index contributed by atoms with van der Waals surface area (Å²) in [5, 5.41) is 10.9. The fourth-order valence-corrected chi connectivity index (χ4v) is 3.62. The zero-order valence-corrected chi connectivity index (χ0v) is 14.1. The first-order valence-electron chi connectivity index (χ1n) is 9.02. The Bertz CT molecular complexity index is 509. The maximum Gasteiger partial charge on any atom is 0.271 e. The van der Waals surface area contributed by atoms with E-state index in [0.29, 0.717) is 24.3 Å². The number of carbonyl (C=O) groups is 1. The van der Waals surface area contributed by atoms with Crippen LogP contribution in [0.1, 0.15) is 55.6 Å². The Morgan fingerprint density at radius 1 is 1.39 bits per heavy atom. The molecule has 128 valence electrons. The Hall–Kier alpha value is -1.40. The van der Waals surface area contributed by atoms with E-state index in [4.69, 9.17) is 0 Å². The third-order valence-corrected chi connectivity index (χ3v) is 5.11. The van der Waals surface area contributed by atoms with Crippen molar-refractivity contribution in [2.75, 3.05) is 32.7 Å². The molecule has 0 spiro atoms. The molecule has 1 amide bonds. The molecule has 6 heteroatoms. The minimum atomic E-state index is -0.0582. The van der Waals surface area contributed by atoms with E-state index in [0.717, 1.165) is 32.6 Å². The zero-order valence-electron chi connectivity index (χ0n) is 14.1. The summed E-state index contributed by atoms with van der Waals surface area (Å²) < 4.78 is 1.94. The summed E-state index contributed by atoms with van der Waals surface area (Å²) in [6, 6.07) is 2.84. The smallest absolute Gasteiger partial charge is 0.271 e. The molecule has 0 bridgehead atoms. The zero-order chi connectivity index (χ0) is 16.1. The van der Waals surface area contributed by atoms with Gasteiger partial charge in [0.25, 0.3) is 5.91 Å². The van der Waals surface area contributed by atoms with E-state index in [1.165, 1.54) is 25.7 Å². The van der Waals surface area contributed by atoms with Gasteiger partial charge in [0, 0.05) is 31.9 Å². The summed E-state index contributed by atoms with van der Waals surface area (Å²) in [6.07, 6.45) is 8.10. The maximum atomic E-state index is 12.2. The van der Waals surface area contributed by atoms with Gasteiger partial charge in [-0.05, 0) is 51.8 Å². The Balaban J connectivity index is 1.45. The van der Waals surface area contributed by atoms with Crippen LogP contribution in [0.5, 0.6) is 0 Å². The highest BCUT2D eigenvalue weighted by molar-refractivity contribution is 5.92. The summed E-state index contributed by atoms with van der Waals surface area (Å²) in [6.45, 7) is 7.08. The summed E-state index contributed by atoms with van der Waals surface area (Å²) in [4.78, 5) is 14.7. The van der Waals surface area contributed by atoms with Crippen molar-refractivity contribution in [2.45, 2.75) is 51.1 Å². The van der Waals surface area contributed by atoms with E-state index in [1.807, 2.05) is 16.9 Å². The molecule has 23 heavy (non-hydrogen) atoms. The highest BCUT2D eigenvalue weighted by Gasteiger charge is 2.19. The van der Waals surface area contributed by atoms with Gasteiger partial charge in [-0.25, -0.2) is 0 Å². The van der Waals surface area contributed by atoms with Crippen molar-refractivity contribution >= 4 is 5.91 Å². The van der Waals surface area contributed by atoms with Crippen molar-refractivity contribution in [1.82, 2.24) is 25.3 Å². The van der Waals surface area contributed by atoms with Gasteiger partial charge in [0.15, 0.2) is 0 Å². The highest BCUT2D eigenvalue weighted by Crippen LogP contribution is 2.16. The maximum absolute atomic E-state index is 12.2. The van der Waals surface area contributed by atoms with Crippen molar-refractivity contribution in [1.29, 1.82) is 0 Å². The van der Waals surface area contributed by atoms with E-state index in [9.17, 15) is 4.79 Å². The summed E-state index contributed by atoms with van der Waals surface area (Å²) in [7, 11) is 0. The second kappa shape index (κ2) is 7.93. The van der Waals surface area contributed by atoms with Crippen LogP contribution in [0.2, 0.25) is 0 Å². The lowest BCUT2D eigenvalue weighted by Crippen LogP contribution is -2.42. The average Bonchev–Trinajstić information content (AvgIpc) is 3.07. The quantitative estimate of drug-likeness (QED) is 0.861. The summed E-state index contributed by atoms with van der Waals surface area (Å²) >= 11 is 0. The molecule has 2 aliphatic heterocycles. The summed E-state index contributed by atoms with van der Waals surface area (Å²) in [5.41, 5.74) is 0.530. The van der Waals surface area contributed by atoms with Gasteiger partial charge in [0.1, 0.15) is 5.69 Å². The topological polar surface area (TPSA) is 62.2 Å². The van der Waals surface area contributed by atoms with Crippen LogP contribution >= 0.6 is 0 Å². The Morgan fingerprint density at radius 3 is 3.09 bits per heavy atom. The first kappa shape index (κ1) is 16.5. The third-order valence-electron chi connectivity index (χ3n) is 5.11. The standard InChI is InChI=1S/C17H29N5O/c1-14-5-2-3-10-21(14)12-9-19-17(23)16-7-11-22(20-16)15-6-4-8-18-13-15/h7,11,14-15,18H,2-6,8-10,12-13H2,1H3,(H,19,23). The first-order chi connectivity index (χ1) is 11.2. The number of piperidine rings is 2. The van der Waals surface area contributed by atoms with E-state index >= 15 is 0 Å². The minimum Gasteiger partial charge on any atom is -0.349 e. The van der Waals surface area contributed by atoms with Gasteiger partial charge >= 0.3 is 0 Å². The van der Waals surface area contributed by atoms with Gasteiger partial charge in [0.05, 0.1) is 6.04 Å². The number of amides is 1. The molecule has 2 atom stereocenters. The van der Waals surface area contributed by atoms with Crippen LogP contribution in [0.4, 0.5) is 0 Å². The third kappa shape index (κ3) is 4.32. The first-order valence-corrected chi connectivity index (χ1v) is 9.02. The fraction of sp³-hybridized carbons (Fsp3) is 0.765. The van der Waals surface area contributed by atoms with Crippen molar-refractivity contribution in [3.8, 4) is 0 Å². The number of carbonyl (C=O) groups excluding carboxylic acids is 1. The van der Waals surface area contributed by atoms with Gasteiger partial charge in [-0.3, -0.25) is 14.4 Å². The Morgan fingerprint density at radius 2 is 2.30 bits per heavy atom. The van der Waals surface area contributed by atoms with Gasteiger partial charge in [0.2, 0.25) is 0 Å². The molecule has 2 N–H and O–H groups in total. The molecule has 2 aliphatic rings. The predicted molar refractivity (Wildman–Crippen MR) is 90.6 cm³/mol. The lowest BCUT2D eigenvalue weighted by Gasteiger charge is -2.33.